The van der Waals surface area contributed by atoms with Crippen LogP contribution in [0.25, 0.3) is 10.8 Å². The van der Waals surface area contributed by atoms with Gasteiger partial charge in [-0.15, -0.1) is 0 Å². The molecule has 4 heterocycles. The van der Waals surface area contributed by atoms with Gasteiger partial charge in [-0.2, -0.15) is 5.26 Å². The van der Waals surface area contributed by atoms with Gasteiger partial charge in [-0.3, -0.25) is 0 Å². The Labute approximate surface area is 256 Å². The number of hydrogen-bond acceptors (Lipinski definition) is 7. The molecular formula is C35H45NO6Si. The molecule has 0 unspecified atom stereocenters. The van der Waals surface area contributed by atoms with E-state index in [1.807, 2.05) is 0 Å². The van der Waals surface area contributed by atoms with E-state index in [4.69, 9.17) is 28.1 Å². The van der Waals surface area contributed by atoms with E-state index in [-0.39, 0.29) is 66.4 Å². The quantitative estimate of drug-likeness (QED) is 0.271. The third-order valence-corrected chi connectivity index (χ3v) is 14.3. The van der Waals surface area contributed by atoms with Gasteiger partial charge in [0.05, 0.1) is 56.2 Å². The summed E-state index contributed by atoms with van der Waals surface area (Å²) >= 11 is 0. The fourth-order valence-corrected chi connectivity index (χ4v) is 7.64. The average Bonchev–Trinajstić information content (AvgIpc) is 3.30. The molecule has 6 rings (SSSR count). The zero-order valence-electron chi connectivity index (χ0n) is 26.0. The lowest BCUT2D eigenvalue weighted by Gasteiger charge is -2.50. The second-order valence-corrected chi connectivity index (χ2v) is 18.5. The molecular weight excluding hydrogens is 558 g/mol. The highest BCUT2D eigenvalue weighted by atomic mass is 28.4. The maximum atomic E-state index is 9.68. The number of hydrogen-bond donors (Lipinski definition) is 0. The highest BCUT2D eigenvalue weighted by molar-refractivity contribution is 6.74. The molecule has 0 aliphatic carbocycles. The van der Waals surface area contributed by atoms with Crippen LogP contribution in [-0.2, 0) is 34.7 Å². The Hall–Kier alpha value is -2.35. The molecule has 0 saturated carbocycles. The third-order valence-electron chi connectivity index (χ3n) is 9.79. The first-order valence-electron chi connectivity index (χ1n) is 15.7. The van der Waals surface area contributed by atoms with Gasteiger partial charge in [-0.05, 0) is 47.0 Å². The summed E-state index contributed by atoms with van der Waals surface area (Å²) in [7, 11) is -2.11. The highest BCUT2D eigenvalue weighted by Gasteiger charge is 2.53. The predicted molar refractivity (Wildman–Crippen MR) is 168 cm³/mol. The van der Waals surface area contributed by atoms with Gasteiger partial charge in [-0.1, -0.05) is 81.5 Å². The molecule has 7 nitrogen and oxygen atoms in total. The van der Waals surface area contributed by atoms with E-state index in [1.54, 1.807) is 0 Å². The maximum absolute atomic E-state index is 9.68. The lowest BCUT2D eigenvalue weighted by Crippen LogP contribution is -2.64. The minimum absolute atomic E-state index is 0.0371. The van der Waals surface area contributed by atoms with Gasteiger partial charge in [0.1, 0.15) is 24.4 Å². The molecule has 0 spiro atoms. The number of rotatable bonds is 6. The van der Waals surface area contributed by atoms with Crippen LogP contribution in [0, 0.1) is 11.3 Å². The van der Waals surface area contributed by atoms with Crippen molar-refractivity contribution in [1.29, 1.82) is 5.26 Å². The van der Waals surface area contributed by atoms with Crippen molar-refractivity contribution >= 4 is 19.1 Å². The van der Waals surface area contributed by atoms with Crippen molar-refractivity contribution in [2.45, 2.75) is 120 Å². The zero-order valence-corrected chi connectivity index (χ0v) is 27.0. The number of benzene rings is 2. The van der Waals surface area contributed by atoms with E-state index in [1.165, 1.54) is 10.8 Å². The molecule has 0 radical (unpaired) electrons. The monoisotopic (exact) mass is 603 g/mol. The molecule has 9 atom stereocenters. The van der Waals surface area contributed by atoms with Crippen LogP contribution in [0.4, 0.5) is 0 Å². The molecule has 0 bridgehead atoms. The number of fused-ring (bicyclic) bond motifs is 4. The molecule has 2 aromatic rings. The van der Waals surface area contributed by atoms with Gasteiger partial charge >= 0.3 is 0 Å². The maximum Gasteiger partial charge on any atom is 0.193 e. The van der Waals surface area contributed by atoms with Crippen LogP contribution in [0.2, 0.25) is 18.1 Å². The molecule has 4 aliphatic heterocycles. The van der Waals surface area contributed by atoms with Crippen LogP contribution in [0.3, 0.4) is 0 Å². The minimum atomic E-state index is -2.11. The second-order valence-electron chi connectivity index (χ2n) is 13.8. The van der Waals surface area contributed by atoms with Crippen molar-refractivity contribution in [2.75, 3.05) is 6.61 Å². The summed E-state index contributed by atoms with van der Waals surface area (Å²) in [5, 5.41) is 12.1. The molecule has 230 valence electrons. The summed E-state index contributed by atoms with van der Waals surface area (Å²) in [6, 6.07) is 17.2. The molecule has 0 amide bonds. The minimum Gasteiger partial charge on any atom is -0.408 e. The zero-order chi connectivity index (χ0) is 30.2. The van der Waals surface area contributed by atoms with E-state index < -0.39 is 8.32 Å². The van der Waals surface area contributed by atoms with Gasteiger partial charge in [0, 0.05) is 6.42 Å². The molecule has 0 N–H and O–H groups in total. The van der Waals surface area contributed by atoms with Crippen LogP contribution in [0.5, 0.6) is 0 Å². The van der Waals surface area contributed by atoms with E-state index in [0.717, 1.165) is 12.0 Å². The predicted octanol–water partition coefficient (Wildman–Crippen LogP) is 6.62. The highest BCUT2D eigenvalue weighted by Crippen LogP contribution is 2.42. The molecule has 4 aliphatic rings. The molecule has 2 aromatic carbocycles. The topological polar surface area (TPSA) is 79.2 Å². The lowest BCUT2D eigenvalue weighted by molar-refractivity contribution is -0.295. The summed E-state index contributed by atoms with van der Waals surface area (Å²) < 4.78 is 40.0. The first-order valence-corrected chi connectivity index (χ1v) is 18.6. The second kappa shape index (κ2) is 12.6. The summed E-state index contributed by atoms with van der Waals surface area (Å²) in [4.78, 5) is 0. The van der Waals surface area contributed by atoms with E-state index in [2.05, 4.69) is 107 Å². The Kier molecular flexibility index (Phi) is 8.96. The molecule has 2 fully saturated rings. The Morgan fingerprint density at radius 2 is 1.74 bits per heavy atom. The Morgan fingerprint density at radius 1 is 0.930 bits per heavy atom. The van der Waals surface area contributed by atoms with Gasteiger partial charge < -0.3 is 28.1 Å². The van der Waals surface area contributed by atoms with Gasteiger partial charge in [0.2, 0.25) is 0 Å². The molecule has 2 saturated heterocycles. The smallest absolute Gasteiger partial charge is 0.193 e. The Balaban J connectivity index is 1.24. The first kappa shape index (κ1) is 30.7. The van der Waals surface area contributed by atoms with Crippen molar-refractivity contribution in [3.05, 3.63) is 72.3 Å². The van der Waals surface area contributed by atoms with Crippen molar-refractivity contribution < 1.29 is 28.1 Å². The van der Waals surface area contributed by atoms with Crippen LogP contribution < -0.4 is 0 Å². The van der Waals surface area contributed by atoms with E-state index in [0.29, 0.717) is 19.6 Å². The van der Waals surface area contributed by atoms with Crippen molar-refractivity contribution in [3.8, 4) is 6.07 Å². The van der Waals surface area contributed by atoms with E-state index in [9.17, 15) is 5.26 Å². The first-order chi connectivity index (χ1) is 20.6. The van der Waals surface area contributed by atoms with Crippen molar-refractivity contribution in [1.82, 2.24) is 0 Å². The van der Waals surface area contributed by atoms with Crippen LogP contribution in [0.15, 0.2) is 66.8 Å². The van der Waals surface area contributed by atoms with Gasteiger partial charge in [-0.25, -0.2) is 0 Å². The number of nitrogens with zero attached hydrogens (tertiary/aromatic N) is 1. The number of ether oxygens (including phenoxy) is 5. The Morgan fingerprint density at radius 3 is 2.53 bits per heavy atom. The molecule has 0 aromatic heterocycles. The van der Waals surface area contributed by atoms with Crippen molar-refractivity contribution in [2.24, 2.45) is 0 Å². The summed E-state index contributed by atoms with van der Waals surface area (Å²) in [6.07, 6.45) is 7.56. The van der Waals surface area contributed by atoms with Crippen molar-refractivity contribution in [3.63, 3.8) is 0 Å². The van der Waals surface area contributed by atoms with Gasteiger partial charge in [0.25, 0.3) is 0 Å². The van der Waals surface area contributed by atoms with E-state index >= 15 is 0 Å². The standard InChI is InChI=1S/C35H45NO6Si/c1-35(2,3)43(4,5)42-28-16-15-26-30(39-27(28)17-18-36)21-31-33(41-26)34(32-29(40-31)12-8-9-19-37-32)38-22-23-13-14-24-10-6-7-11-25(24)20-23/h6-11,13-16,20,26-34H,12,17,19,21-22H2,1-5H3/t26-,27-,28+,29+,30+,31-,32+,33-,34-/m1/s1. The fraction of sp³-hybridized carbons (Fsp3) is 0.571. The summed E-state index contributed by atoms with van der Waals surface area (Å²) in [5.41, 5.74) is 1.11. The fourth-order valence-electron chi connectivity index (χ4n) is 6.38. The summed E-state index contributed by atoms with van der Waals surface area (Å²) in [6.45, 7) is 12.1. The van der Waals surface area contributed by atoms with Crippen LogP contribution >= 0.6 is 0 Å². The largest absolute Gasteiger partial charge is 0.408 e. The van der Waals surface area contributed by atoms with Crippen LogP contribution in [-0.4, -0.2) is 69.9 Å². The Bertz CT molecular complexity index is 1380. The summed E-state index contributed by atoms with van der Waals surface area (Å²) in [5.74, 6) is 0. The van der Waals surface area contributed by atoms with Crippen LogP contribution in [0.1, 0.15) is 45.6 Å². The average molecular weight is 604 g/mol. The number of nitriles is 1. The normalized spacial score (nSPS) is 34.4. The third kappa shape index (κ3) is 6.55. The SMILES string of the molecule is CC(C)(C)[Si](C)(C)O[C@H]1C=C[C@H]2O[C@H]3[C@H](OCc4ccc5ccccc5c4)[C@H]4OCC=CC[C@@H]4O[C@@H]3C[C@@H]2O[C@@H]1CC#N. The molecule has 8 heteroatoms. The molecule has 43 heavy (non-hydrogen) atoms. The lowest BCUT2D eigenvalue weighted by atomic mass is 9.87. The van der Waals surface area contributed by atoms with Gasteiger partial charge in [0.15, 0.2) is 8.32 Å².